The lowest BCUT2D eigenvalue weighted by molar-refractivity contribution is 0.0891. The Bertz CT molecular complexity index is 747. The summed E-state index contributed by atoms with van der Waals surface area (Å²) in [5, 5.41) is 10.6. The fourth-order valence-corrected chi connectivity index (χ4v) is 4.29. The first-order valence-electron chi connectivity index (χ1n) is 6.66. The van der Waals surface area contributed by atoms with Crippen LogP contribution in [-0.4, -0.2) is 35.9 Å². The van der Waals surface area contributed by atoms with E-state index in [1.165, 1.54) is 17.4 Å². The van der Waals surface area contributed by atoms with Crippen molar-refractivity contribution in [2.24, 2.45) is 0 Å². The molecule has 0 unspecified atom stereocenters. The van der Waals surface area contributed by atoms with Gasteiger partial charge in [-0.1, -0.05) is 24.3 Å². The van der Waals surface area contributed by atoms with Gasteiger partial charge in [-0.15, -0.1) is 0 Å². The number of sulfonamides is 1. The van der Waals surface area contributed by atoms with Gasteiger partial charge in [-0.05, 0) is 24.1 Å². The Labute approximate surface area is 123 Å². The van der Waals surface area contributed by atoms with E-state index in [1.54, 1.807) is 36.7 Å². The number of aliphatic hydroxyl groups excluding tert-OH is 1. The summed E-state index contributed by atoms with van der Waals surface area (Å²) >= 11 is 0. The molecule has 6 heteroatoms. The highest BCUT2D eigenvalue weighted by atomic mass is 32.2. The molecule has 21 heavy (non-hydrogen) atoms. The lowest BCUT2D eigenvalue weighted by atomic mass is 9.96. The van der Waals surface area contributed by atoms with Crippen molar-refractivity contribution < 1.29 is 13.5 Å². The Balaban J connectivity index is 2.04. The Kier molecular flexibility index (Phi) is 3.52. The molecule has 0 amide bonds. The van der Waals surface area contributed by atoms with Crippen LogP contribution in [0, 0.1) is 0 Å². The molecule has 0 spiro atoms. The number of aliphatic hydroxyl groups is 1. The average Bonchev–Trinajstić information content (AvgIpc) is 2.51. The largest absolute Gasteiger partial charge is 0.387 e. The van der Waals surface area contributed by atoms with Gasteiger partial charge in [0.2, 0.25) is 10.0 Å². The van der Waals surface area contributed by atoms with Crippen LogP contribution in [0.2, 0.25) is 0 Å². The maximum absolute atomic E-state index is 12.5. The van der Waals surface area contributed by atoms with Crippen molar-refractivity contribution in [3.8, 4) is 0 Å². The van der Waals surface area contributed by atoms with E-state index in [9.17, 15) is 13.5 Å². The number of hydrogen-bond donors (Lipinski definition) is 1. The highest BCUT2D eigenvalue weighted by molar-refractivity contribution is 7.89. The molecule has 0 aliphatic carbocycles. The van der Waals surface area contributed by atoms with E-state index < -0.39 is 22.2 Å². The fraction of sp³-hybridized carbons (Fsp3) is 0.267. The van der Waals surface area contributed by atoms with Gasteiger partial charge in [0.25, 0.3) is 0 Å². The summed E-state index contributed by atoms with van der Waals surface area (Å²) in [7, 11) is -2.06. The van der Waals surface area contributed by atoms with E-state index in [1.807, 2.05) is 6.07 Å². The van der Waals surface area contributed by atoms with Crippen molar-refractivity contribution in [1.82, 2.24) is 9.29 Å². The first-order valence-corrected chi connectivity index (χ1v) is 8.10. The van der Waals surface area contributed by atoms with E-state index in [-0.39, 0.29) is 4.90 Å². The van der Waals surface area contributed by atoms with E-state index in [0.29, 0.717) is 12.0 Å². The van der Waals surface area contributed by atoms with Crippen LogP contribution in [-0.2, 0) is 16.4 Å². The van der Waals surface area contributed by atoms with E-state index in [2.05, 4.69) is 4.98 Å². The first-order chi connectivity index (χ1) is 10.0. The minimum atomic E-state index is -3.57. The highest BCUT2D eigenvalue weighted by Crippen LogP contribution is 2.36. The molecule has 5 nitrogen and oxygen atoms in total. The molecule has 1 N–H and O–H groups in total. The fourth-order valence-electron chi connectivity index (χ4n) is 2.70. The number of hydrogen-bond acceptors (Lipinski definition) is 4. The molecule has 0 saturated carbocycles. The monoisotopic (exact) mass is 304 g/mol. The van der Waals surface area contributed by atoms with Crippen molar-refractivity contribution in [3.63, 3.8) is 0 Å². The SMILES string of the molecule is CN1[C@H](Cc2cccnc2)[C@H](O)c2ccccc2S1(=O)=O. The molecule has 0 radical (unpaired) electrons. The molecule has 1 aliphatic heterocycles. The van der Waals surface area contributed by atoms with Crippen LogP contribution in [0.3, 0.4) is 0 Å². The van der Waals surface area contributed by atoms with Crippen molar-refractivity contribution in [3.05, 3.63) is 59.9 Å². The van der Waals surface area contributed by atoms with Crippen molar-refractivity contribution in [2.75, 3.05) is 7.05 Å². The van der Waals surface area contributed by atoms with Gasteiger partial charge in [-0.3, -0.25) is 4.98 Å². The Morgan fingerprint density at radius 1 is 1.24 bits per heavy atom. The van der Waals surface area contributed by atoms with Gasteiger partial charge in [-0.2, -0.15) is 4.31 Å². The molecule has 1 aromatic heterocycles. The normalized spacial score (nSPS) is 24.5. The first kappa shape index (κ1) is 14.2. The molecule has 2 aromatic rings. The minimum Gasteiger partial charge on any atom is -0.387 e. The average molecular weight is 304 g/mol. The molecular weight excluding hydrogens is 288 g/mol. The standard InChI is InChI=1S/C15H16N2O3S/c1-17-13(9-11-5-4-8-16-10-11)15(18)12-6-2-3-7-14(12)21(17,19)20/h2-8,10,13,15,18H,9H2,1H3/t13-,15-/m1/s1. The third-order valence-corrected chi connectivity index (χ3v) is 5.85. The molecule has 2 heterocycles. The van der Waals surface area contributed by atoms with Gasteiger partial charge in [0, 0.05) is 25.0 Å². The van der Waals surface area contributed by atoms with Gasteiger partial charge >= 0.3 is 0 Å². The number of aromatic nitrogens is 1. The lowest BCUT2D eigenvalue weighted by Crippen LogP contribution is -2.46. The molecule has 1 aromatic carbocycles. The van der Waals surface area contributed by atoms with Gasteiger partial charge in [0.05, 0.1) is 17.0 Å². The molecule has 0 bridgehead atoms. The Morgan fingerprint density at radius 3 is 2.71 bits per heavy atom. The number of nitrogens with zero attached hydrogens (tertiary/aromatic N) is 2. The number of fused-ring (bicyclic) bond motifs is 1. The van der Waals surface area contributed by atoms with E-state index in [0.717, 1.165) is 5.56 Å². The predicted octanol–water partition coefficient (Wildman–Crippen LogP) is 1.36. The van der Waals surface area contributed by atoms with Crippen LogP contribution < -0.4 is 0 Å². The maximum atomic E-state index is 12.5. The molecule has 2 atom stereocenters. The summed E-state index contributed by atoms with van der Waals surface area (Å²) in [6.07, 6.45) is 2.92. The second-order valence-electron chi connectivity index (χ2n) is 5.14. The van der Waals surface area contributed by atoms with Gasteiger partial charge in [0.1, 0.15) is 0 Å². The van der Waals surface area contributed by atoms with Gasteiger partial charge in [-0.25, -0.2) is 8.42 Å². The summed E-state index contributed by atoms with van der Waals surface area (Å²) < 4.78 is 26.4. The van der Waals surface area contributed by atoms with Crippen LogP contribution >= 0.6 is 0 Å². The minimum absolute atomic E-state index is 0.183. The molecule has 1 aliphatic rings. The molecule has 0 fully saturated rings. The Hall–Kier alpha value is -1.76. The zero-order valence-corrected chi connectivity index (χ0v) is 12.4. The maximum Gasteiger partial charge on any atom is 0.243 e. The van der Waals surface area contributed by atoms with Crippen LogP contribution in [0.4, 0.5) is 0 Å². The van der Waals surface area contributed by atoms with Crippen molar-refractivity contribution >= 4 is 10.0 Å². The molecule has 110 valence electrons. The van der Waals surface area contributed by atoms with Crippen molar-refractivity contribution in [2.45, 2.75) is 23.5 Å². The molecule has 3 rings (SSSR count). The highest BCUT2D eigenvalue weighted by Gasteiger charge is 2.41. The number of benzene rings is 1. The summed E-state index contributed by atoms with van der Waals surface area (Å²) in [6, 6.07) is 9.75. The second kappa shape index (κ2) is 5.22. The second-order valence-corrected chi connectivity index (χ2v) is 7.10. The topological polar surface area (TPSA) is 70.5 Å². The third kappa shape index (κ3) is 2.35. The Morgan fingerprint density at radius 2 is 2.00 bits per heavy atom. The number of pyridine rings is 1. The molecular formula is C15H16N2O3S. The van der Waals surface area contributed by atoms with Crippen molar-refractivity contribution in [1.29, 1.82) is 0 Å². The van der Waals surface area contributed by atoms with Crippen LogP contribution in [0.25, 0.3) is 0 Å². The summed E-state index contributed by atoms with van der Waals surface area (Å²) in [4.78, 5) is 4.21. The zero-order chi connectivity index (χ0) is 15.0. The quantitative estimate of drug-likeness (QED) is 0.909. The van der Waals surface area contributed by atoms with Crippen LogP contribution in [0.15, 0.2) is 53.7 Å². The third-order valence-electron chi connectivity index (χ3n) is 3.89. The number of likely N-dealkylation sites (N-methyl/N-ethyl adjacent to an activating group) is 1. The van der Waals surface area contributed by atoms with E-state index >= 15 is 0 Å². The summed E-state index contributed by atoms with van der Waals surface area (Å²) in [5.74, 6) is 0. The van der Waals surface area contributed by atoms with Crippen LogP contribution in [0.5, 0.6) is 0 Å². The zero-order valence-electron chi connectivity index (χ0n) is 11.5. The summed E-state index contributed by atoms with van der Waals surface area (Å²) in [5.41, 5.74) is 1.35. The lowest BCUT2D eigenvalue weighted by Gasteiger charge is -2.37. The number of rotatable bonds is 2. The van der Waals surface area contributed by atoms with Gasteiger partial charge < -0.3 is 5.11 Å². The van der Waals surface area contributed by atoms with Gasteiger partial charge in [0.15, 0.2) is 0 Å². The summed E-state index contributed by atoms with van der Waals surface area (Å²) in [6.45, 7) is 0. The van der Waals surface area contributed by atoms with Crippen LogP contribution in [0.1, 0.15) is 17.2 Å². The van der Waals surface area contributed by atoms with E-state index in [4.69, 9.17) is 0 Å². The molecule has 0 saturated heterocycles. The predicted molar refractivity (Wildman–Crippen MR) is 78.1 cm³/mol. The smallest absolute Gasteiger partial charge is 0.243 e.